The number of nitrogens with zero attached hydrogens (tertiary/aromatic N) is 1. The first-order valence-corrected chi connectivity index (χ1v) is 6.60. The Balaban J connectivity index is 1.93. The third kappa shape index (κ3) is 1.91. The zero-order valence-electron chi connectivity index (χ0n) is 10.3. The average Bonchev–Trinajstić information content (AvgIpc) is 2.71. The molecule has 3 atom stereocenters. The molecule has 2 heterocycles. The van der Waals surface area contributed by atoms with Crippen LogP contribution in [0.25, 0.3) is 0 Å². The second kappa shape index (κ2) is 4.26. The number of hydrogen-bond donors (Lipinski definition) is 0. The lowest BCUT2D eigenvalue weighted by atomic mass is 9.90. The van der Waals surface area contributed by atoms with Crippen LogP contribution in [0, 0.1) is 0 Å². The maximum atomic E-state index is 11.9. The van der Waals surface area contributed by atoms with E-state index >= 15 is 0 Å². The standard InChI is InChI=1S/C15H19NO/c1-11-7-8-13-9-14(17)10-15(16(11)13)12-5-3-2-4-6-12/h2-6,11,13,15H,7-10H2,1H3/t11-,13+,15-/m1/s1. The number of hydrogen-bond acceptors (Lipinski definition) is 2. The summed E-state index contributed by atoms with van der Waals surface area (Å²) in [7, 11) is 0. The molecule has 90 valence electrons. The molecule has 0 N–H and O–H groups in total. The summed E-state index contributed by atoms with van der Waals surface area (Å²) in [6.45, 7) is 2.30. The van der Waals surface area contributed by atoms with Crippen LogP contribution in [0.2, 0.25) is 0 Å². The molecule has 0 spiro atoms. The van der Waals surface area contributed by atoms with E-state index in [2.05, 4.69) is 36.1 Å². The van der Waals surface area contributed by atoms with Gasteiger partial charge in [-0.15, -0.1) is 0 Å². The lowest BCUT2D eigenvalue weighted by Crippen LogP contribution is -2.44. The van der Waals surface area contributed by atoms with Crippen LogP contribution in [0.4, 0.5) is 0 Å². The number of carbonyl (C=O) groups excluding carboxylic acids is 1. The Kier molecular flexibility index (Phi) is 2.75. The summed E-state index contributed by atoms with van der Waals surface area (Å²) in [5.74, 6) is 0.439. The normalized spacial score (nSPS) is 33.7. The van der Waals surface area contributed by atoms with Crippen molar-refractivity contribution in [3.8, 4) is 0 Å². The van der Waals surface area contributed by atoms with Crippen molar-refractivity contribution < 1.29 is 4.79 Å². The molecule has 17 heavy (non-hydrogen) atoms. The summed E-state index contributed by atoms with van der Waals surface area (Å²) >= 11 is 0. The van der Waals surface area contributed by atoms with Gasteiger partial charge in [0.2, 0.25) is 0 Å². The van der Waals surface area contributed by atoms with E-state index in [1.54, 1.807) is 0 Å². The zero-order valence-corrected chi connectivity index (χ0v) is 10.3. The Hall–Kier alpha value is -1.15. The van der Waals surface area contributed by atoms with Gasteiger partial charge in [-0.05, 0) is 25.3 Å². The first kappa shape index (κ1) is 11.0. The molecule has 2 aliphatic heterocycles. The smallest absolute Gasteiger partial charge is 0.136 e. The SMILES string of the molecule is C[C@@H]1CC[C@H]2CC(=O)C[C@H](c3ccccc3)N21. The molecule has 0 bridgehead atoms. The molecular weight excluding hydrogens is 210 g/mol. The Bertz CT molecular complexity index is 414. The largest absolute Gasteiger partial charge is 0.300 e. The van der Waals surface area contributed by atoms with Gasteiger partial charge >= 0.3 is 0 Å². The molecule has 2 heteroatoms. The Morgan fingerprint density at radius 1 is 1.12 bits per heavy atom. The van der Waals surface area contributed by atoms with E-state index < -0.39 is 0 Å². The fraction of sp³-hybridized carbons (Fsp3) is 0.533. The molecule has 2 saturated heterocycles. The molecule has 2 nitrogen and oxygen atoms in total. The first-order chi connectivity index (χ1) is 8.25. The molecule has 0 saturated carbocycles. The predicted octanol–water partition coefficient (Wildman–Crippen LogP) is 2.94. The van der Waals surface area contributed by atoms with E-state index in [-0.39, 0.29) is 0 Å². The number of fused-ring (bicyclic) bond motifs is 1. The van der Waals surface area contributed by atoms with E-state index in [0.717, 1.165) is 6.42 Å². The summed E-state index contributed by atoms with van der Waals surface area (Å²) in [6.07, 6.45) is 3.90. The van der Waals surface area contributed by atoms with Crippen LogP contribution in [0.15, 0.2) is 30.3 Å². The van der Waals surface area contributed by atoms with Crippen LogP contribution in [0.3, 0.4) is 0 Å². The molecule has 1 aromatic carbocycles. The van der Waals surface area contributed by atoms with Crippen molar-refractivity contribution in [2.75, 3.05) is 0 Å². The number of carbonyl (C=O) groups is 1. The highest BCUT2D eigenvalue weighted by molar-refractivity contribution is 5.81. The van der Waals surface area contributed by atoms with Gasteiger partial charge in [-0.2, -0.15) is 0 Å². The average molecular weight is 229 g/mol. The molecule has 0 aromatic heterocycles. The summed E-state index contributed by atoms with van der Waals surface area (Å²) in [5.41, 5.74) is 1.30. The number of piperidine rings is 1. The lowest BCUT2D eigenvalue weighted by Gasteiger charge is -2.40. The van der Waals surface area contributed by atoms with Crippen molar-refractivity contribution in [3.05, 3.63) is 35.9 Å². The predicted molar refractivity (Wildman–Crippen MR) is 67.7 cm³/mol. The summed E-state index contributed by atoms with van der Waals surface area (Å²) in [6, 6.07) is 11.9. The van der Waals surface area contributed by atoms with Gasteiger partial charge in [0.25, 0.3) is 0 Å². The number of ketones is 1. The van der Waals surface area contributed by atoms with Crippen LogP contribution in [-0.4, -0.2) is 22.8 Å². The molecule has 1 aromatic rings. The highest BCUT2D eigenvalue weighted by atomic mass is 16.1. The topological polar surface area (TPSA) is 20.3 Å². The van der Waals surface area contributed by atoms with E-state index in [4.69, 9.17) is 0 Å². The van der Waals surface area contributed by atoms with E-state index in [1.807, 2.05) is 6.07 Å². The van der Waals surface area contributed by atoms with Crippen LogP contribution in [-0.2, 0) is 4.79 Å². The molecular formula is C15H19NO. The summed E-state index contributed by atoms with van der Waals surface area (Å²) in [4.78, 5) is 14.4. The number of benzene rings is 1. The quantitative estimate of drug-likeness (QED) is 0.738. The second-order valence-corrected chi connectivity index (χ2v) is 5.40. The fourth-order valence-electron chi connectivity index (χ4n) is 3.49. The van der Waals surface area contributed by atoms with Gasteiger partial charge < -0.3 is 0 Å². The minimum atomic E-state index is 0.319. The minimum absolute atomic E-state index is 0.319. The van der Waals surface area contributed by atoms with Crippen molar-refractivity contribution in [3.63, 3.8) is 0 Å². The monoisotopic (exact) mass is 229 g/mol. The Morgan fingerprint density at radius 3 is 2.65 bits per heavy atom. The molecule has 0 radical (unpaired) electrons. The van der Waals surface area contributed by atoms with Crippen LogP contribution in [0.1, 0.15) is 44.2 Å². The molecule has 3 rings (SSSR count). The summed E-state index contributed by atoms with van der Waals surface area (Å²) in [5, 5.41) is 0. The first-order valence-electron chi connectivity index (χ1n) is 6.60. The maximum absolute atomic E-state index is 11.9. The number of Topliss-reactive ketones (excluding diaryl/α,β-unsaturated/α-hetero) is 1. The number of rotatable bonds is 1. The molecule has 0 unspecified atom stereocenters. The minimum Gasteiger partial charge on any atom is -0.300 e. The maximum Gasteiger partial charge on any atom is 0.136 e. The van der Waals surface area contributed by atoms with Crippen LogP contribution in [0.5, 0.6) is 0 Å². The van der Waals surface area contributed by atoms with Crippen LogP contribution < -0.4 is 0 Å². The second-order valence-electron chi connectivity index (χ2n) is 5.40. The van der Waals surface area contributed by atoms with Crippen molar-refractivity contribution in [2.45, 2.75) is 50.7 Å². The molecule has 2 aliphatic rings. The van der Waals surface area contributed by atoms with Crippen molar-refractivity contribution in [1.29, 1.82) is 0 Å². The highest BCUT2D eigenvalue weighted by Gasteiger charge is 2.41. The van der Waals surface area contributed by atoms with Crippen molar-refractivity contribution in [1.82, 2.24) is 4.90 Å². The van der Waals surface area contributed by atoms with E-state index in [0.29, 0.717) is 30.3 Å². The van der Waals surface area contributed by atoms with Gasteiger partial charge in [0.15, 0.2) is 0 Å². The Labute approximate surface area is 103 Å². The van der Waals surface area contributed by atoms with Gasteiger partial charge in [-0.1, -0.05) is 30.3 Å². The van der Waals surface area contributed by atoms with Gasteiger partial charge in [-0.3, -0.25) is 9.69 Å². The van der Waals surface area contributed by atoms with Crippen molar-refractivity contribution >= 4 is 5.78 Å². The lowest BCUT2D eigenvalue weighted by molar-refractivity contribution is -0.125. The molecule has 0 amide bonds. The Morgan fingerprint density at radius 2 is 1.88 bits per heavy atom. The zero-order chi connectivity index (χ0) is 11.8. The molecule has 0 aliphatic carbocycles. The summed E-state index contributed by atoms with van der Waals surface area (Å²) < 4.78 is 0. The highest BCUT2D eigenvalue weighted by Crippen LogP contribution is 2.40. The third-order valence-corrected chi connectivity index (χ3v) is 4.28. The van der Waals surface area contributed by atoms with Gasteiger partial charge in [0.1, 0.15) is 5.78 Å². The van der Waals surface area contributed by atoms with Gasteiger partial charge in [0, 0.05) is 31.0 Å². The third-order valence-electron chi connectivity index (χ3n) is 4.28. The molecule has 2 fully saturated rings. The fourth-order valence-corrected chi connectivity index (χ4v) is 3.49. The van der Waals surface area contributed by atoms with Crippen LogP contribution >= 0.6 is 0 Å². The van der Waals surface area contributed by atoms with E-state index in [1.165, 1.54) is 18.4 Å². The van der Waals surface area contributed by atoms with E-state index in [9.17, 15) is 4.79 Å². The van der Waals surface area contributed by atoms with Gasteiger partial charge in [0.05, 0.1) is 0 Å². The van der Waals surface area contributed by atoms with Crippen molar-refractivity contribution in [2.24, 2.45) is 0 Å². The van der Waals surface area contributed by atoms with Gasteiger partial charge in [-0.25, -0.2) is 0 Å².